The zero-order valence-electron chi connectivity index (χ0n) is 19.3. The number of hydrogen-bond donors (Lipinski definition) is 1. The number of imidazole rings is 1. The van der Waals surface area contributed by atoms with Crippen LogP contribution in [0.3, 0.4) is 0 Å². The molecule has 5 nitrogen and oxygen atoms in total. The van der Waals surface area contributed by atoms with Gasteiger partial charge in [-0.1, -0.05) is 42.5 Å². The number of H-pyrrole nitrogens is 1. The number of hydrogen-bond acceptors (Lipinski definition) is 4. The molecule has 5 aromatic rings. The van der Waals surface area contributed by atoms with E-state index in [1.54, 1.807) is 18.3 Å². The largest absolute Gasteiger partial charge is 0.493 e. The first kappa shape index (κ1) is 21.9. The van der Waals surface area contributed by atoms with Crippen molar-refractivity contribution in [1.29, 1.82) is 0 Å². The summed E-state index contributed by atoms with van der Waals surface area (Å²) in [5.74, 6) is 2.60. The van der Waals surface area contributed by atoms with E-state index in [2.05, 4.69) is 9.97 Å². The quantitative estimate of drug-likeness (QED) is 0.255. The van der Waals surface area contributed by atoms with E-state index in [0.717, 1.165) is 58.7 Å². The van der Waals surface area contributed by atoms with Crippen LogP contribution in [0.4, 0.5) is 4.39 Å². The number of aromatic amines is 1. The normalized spacial score (nSPS) is 11.3. The average molecular weight is 456 g/mol. The molecule has 0 aliphatic heterocycles. The van der Waals surface area contributed by atoms with Crippen LogP contribution in [-0.4, -0.2) is 21.6 Å². The minimum absolute atomic E-state index is 0.252. The molecule has 0 saturated carbocycles. The van der Waals surface area contributed by atoms with E-state index in [4.69, 9.17) is 14.1 Å². The SMILES string of the molecule is Cc1ncc(-c2nc(CCCCOc3ccccc3C)c(-c3ccc(F)c4ccccc34)o2)[nH]1. The van der Waals surface area contributed by atoms with Crippen molar-refractivity contribution >= 4 is 10.8 Å². The Morgan fingerprint density at radius 2 is 1.74 bits per heavy atom. The number of aromatic nitrogens is 3. The summed E-state index contributed by atoms with van der Waals surface area (Å²) in [5, 5.41) is 1.36. The van der Waals surface area contributed by atoms with Gasteiger partial charge in [0.25, 0.3) is 0 Å². The van der Waals surface area contributed by atoms with Gasteiger partial charge < -0.3 is 14.1 Å². The van der Waals surface area contributed by atoms with Gasteiger partial charge in [0, 0.05) is 10.9 Å². The maximum absolute atomic E-state index is 14.4. The Hall–Kier alpha value is -3.93. The molecule has 0 saturated heterocycles. The summed E-state index contributed by atoms with van der Waals surface area (Å²) in [6.07, 6.45) is 4.19. The number of para-hydroxylation sites is 1. The Morgan fingerprint density at radius 1 is 0.941 bits per heavy atom. The molecule has 2 heterocycles. The second-order valence-electron chi connectivity index (χ2n) is 8.39. The van der Waals surface area contributed by atoms with E-state index in [-0.39, 0.29) is 5.82 Å². The number of nitrogens with zero attached hydrogens (tertiary/aromatic N) is 2. The molecule has 0 fully saturated rings. The highest BCUT2D eigenvalue weighted by Gasteiger charge is 2.20. The predicted molar refractivity (Wildman–Crippen MR) is 131 cm³/mol. The van der Waals surface area contributed by atoms with Crippen molar-refractivity contribution in [2.24, 2.45) is 0 Å². The standard InChI is InChI=1S/C28H26FN3O2/c1-18-9-3-6-13-26(18)33-16-8-7-12-24-27(34-28(32-24)25-17-30-19(2)31-25)22-14-15-23(29)21-11-5-4-10-20(21)22/h3-6,9-11,13-15,17H,7-8,12,16H2,1-2H3,(H,30,31). The third-order valence-corrected chi connectivity index (χ3v) is 5.91. The molecule has 34 heavy (non-hydrogen) atoms. The molecule has 0 atom stereocenters. The van der Waals surface area contributed by atoms with Crippen LogP contribution in [0.15, 0.2) is 71.3 Å². The number of halogens is 1. The summed E-state index contributed by atoms with van der Waals surface area (Å²) in [6, 6.07) is 18.7. The highest BCUT2D eigenvalue weighted by Crippen LogP contribution is 2.35. The number of nitrogens with one attached hydrogen (secondary N) is 1. The van der Waals surface area contributed by atoms with Crippen molar-refractivity contribution in [3.8, 4) is 28.7 Å². The summed E-state index contributed by atoms with van der Waals surface area (Å²) in [6.45, 7) is 4.56. The second-order valence-corrected chi connectivity index (χ2v) is 8.39. The van der Waals surface area contributed by atoms with E-state index in [1.165, 1.54) is 6.07 Å². The monoisotopic (exact) mass is 455 g/mol. The zero-order chi connectivity index (χ0) is 23.5. The van der Waals surface area contributed by atoms with E-state index in [9.17, 15) is 4.39 Å². The average Bonchev–Trinajstić information content (AvgIpc) is 3.47. The van der Waals surface area contributed by atoms with E-state index >= 15 is 0 Å². The molecular weight excluding hydrogens is 429 g/mol. The van der Waals surface area contributed by atoms with E-state index in [0.29, 0.717) is 23.6 Å². The molecule has 0 aliphatic carbocycles. The lowest BCUT2D eigenvalue weighted by molar-refractivity contribution is 0.305. The van der Waals surface area contributed by atoms with Gasteiger partial charge in [0.2, 0.25) is 5.89 Å². The molecule has 0 spiro atoms. The van der Waals surface area contributed by atoms with Gasteiger partial charge in [-0.25, -0.2) is 14.4 Å². The van der Waals surface area contributed by atoms with Crippen molar-refractivity contribution in [2.75, 3.05) is 6.61 Å². The van der Waals surface area contributed by atoms with E-state index < -0.39 is 0 Å². The highest BCUT2D eigenvalue weighted by atomic mass is 19.1. The predicted octanol–water partition coefficient (Wildman–Crippen LogP) is 7.04. The zero-order valence-corrected chi connectivity index (χ0v) is 19.3. The third-order valence-electron chi connectivity index (χ3n) is 5.91. The van der Waals surface area contributed by atoms with Crippen molar-refractivity contribution in [1.82, 2.24) is 15.0 Å². The van der Waals surface area contributed by atoms with Gasteiger partial charge in [-0.05, 0) is 62.3 Å². The maximum atomic E-state index is 14.4. The number of benzene rings is 3. The number of oxazole rings is 1. The topological polar surface area (TPSA) is 63.9 Å². The Balaban J connectivity index is 1.41. The minimum Gasteiger partial charge on any atom is -0.493 e. The lowest BCUT2D eigenvalue weighted by Gasteiger charge is -2.09. The Labute approximate surface area is 197 Å². The molecule has 0 unspecified atom stereocenters. The Kier molecular flexibility index (Phi) is 6.12. The van der Waals surface area contributed by atoms with Crippen LogP contribution in [0.1, 0.15) is 29.9 Å². The lowest BCUT2D eigenvalue weighted by Crippen LogP contribution is -2.00. The first-order chi connectivity index (χ1) is 16.6. The fourth-order valence-electron chi connectivity index (χ4n) is 4.13. The minimum atomic E-state index is -0.252. The van der Waals surface area contributed by atoms with Crippen LogP contribution >= 0.6 is 0 Å². The van der Waals surface area contributed by atoms with Gasteiger partial charge in [0.1, 0.15) is 23.1 Å². The van der Waals surface area contributed by atoms with Gasteiger partial charge in [0.05, 0.1) is 18.5 Å². The van der Waals surface area contributed by atoms with Crippen molar-refractivity contribution in [3.63, 3.8) is 0 Å². The Bertz CT molecular complexity index is 1440. The van der Waals surface area contributed by atoms with Crippen LogP contribution < -0.4 is 4.74 Å². The molecule has 0 amide bonds. The summed E-state index contributed by atoms with van der Waals surface area (Å²) in [7, 11) is 0. The molecule has 0 radical (unpaired) electrons. The molecule has 5 rings (SSSR count). The van der Waals surface area contributed by atoms with Crippen molar-refractivity contribution in [3.05, 3.63) is 89.8 Å². The third kappa shape index (κ3) is 4.44. The summed E-state index contributed by atoms with van der Waals surface area (Å²) >= 11 is 0. The molecule has 0 aliphatic rings. The molecule has 6 heteroatoms. The number of fused-ring (bicyclic) bond motifs is 1. The van der Waals surface area contributed by atoms with Crippen LogP contribution in [0.2, 0.25) is 0 Å². The summed E-state index contributed by atoms with van der Waals surface area (Å²) in [4.78, 5) is 12.2. The van der Waals surface area contributed by atoms with Gasteiger partial charge >= 0.3 is 0 Å². The number of ether oxygens (including phenoxy) is 1. The van der Waals surface area contributed by atoms with Gasteiger partial charge in [0.15, 0.2) is 5.76 Å². The maximum Gasteiger partial charge on any atom is 0.245 e. The highest BCUT2D eigenvalue weighted by molar-refractivity contribution is 5.96. The van der Waals surface area contributed by atoms with Crippen LogP contribution in [-0.2, 0) is 6.42 Å². The molecule has 0 bridgehead atoms. The second kappa shape index (κ2) is 9.51. The lowest BCUT2D eigenvalue weighted by atomic mass is 10.00. The van der Waals surface area contributed by atoms with Crippen LogP contribution in [0.5, 0.6) is 5.75 Å². The van der Waals surface area contributed by atoms with E-state index in [1.807, 2.05) is 56.3 Å². The van der Waals surface area contributed by atoms with Crippen LogP contribution in [0.25, 0.3) is 33.7 Å². The summed E-state index contributed by atoms with van der Waals surface area (Å²) in [5.41, 5.74) is 3.52. The van der Waals surface area contributed by atoms with Gasteiger partial charge in [-0.3, -0.25) is 0 Å². The molecule has 2 aromatic heterocycles. The van der Waals surface area contributed by atoms with Crippen LogP contribution in [0, 0.1) is 19.7 Å². The summed E-state index contributed by atoms with van der Waals surface area (Å²) < 4.78 is 26.6. The van der Waals surface area contributed by atoms with Gasteiger partial charge in [-0.15, -0.1) is 0 Å². The molecule has 172 valence electrons. The van der Waals surface area contributed by atoms with Crippen molar-refractivity contribution < 1.29 is 13.5 Å². The number of unbranched alkanes of at least 4 members (excludes halogenated alkanes) is 1. The molecular formula is C28H26FN3O2. The number of rotatable bonds is 8. The molecule has 3 aromatic carbocycles. The van der Waals surface area contributed by atoms with Gasteiger partial charge in [-0.2, -0.15) is 0 Å². The number of aryl methyl sites for hydroxylation is 3. The van der Waals surface area contributed by atoms with Crippen molar-refractivity contribution in [2.45, 2.75) is 33.1 Å². The first-order valence-corrected chi connectivity index (χ1v) is 11.5. The Morgan fingerprint density at radius 3 is 2.53 bits per heavy atom. The smallest absolute Gasteiger partial charge is 0.245 e. The fourth-order valence-corrected chi connectivity index (χ4v) is 4.13. The molecule has 1 N–H and O–H groups in total. The fraction of sp³-hybridized carbons (Fsp3) is 0.214. The first-order valence-electron chi connectivity index (χ1n) is 11.5.